The van der Waals surface area contributed by atoms with Crippen LogP contribution in [0.3, 0.4) is 0 Å². The van der Waals surface area contributed by atoms with Gasteiger partial charge in [0.15, 0.2) is 0 Å². The number of piperidine rings is 1. The van der Waals surface area contributed by atoms with Crippen LogP contribution in [0.2, 0.25) is 0 Å². The SMILES string of the molecule is CC1(CNC(=O)Cn2nnc(-c3ccccc3)n2)CCNCC1. The first kappa shape index (κ1) is 15.6. The highest BCUT2D eigenvalue weighted by Gasteiger charge is 2.27. The molecule has 0 saturated carbocycles. The van der Waals surface area contributed by atoms with Gasteiger partial charge in [-0.05, 0) is 36.6 Å². The van der Waals surface area contributed by atoms with Crippen LogP contribution < -0.4 is 10.6 Å². The van der Waals surface area contributed by atoms with Crippen LogP contribution in [-0.2, 0) is 11.3 Å². The third kappa shape index (κ3) is 4.13. The Bertz CT molecular complexity index is 648. The van der Waals surface area contributed by atoms with Crippen LogP contribution >= 0.6 is 0 Å². The van der Waals surface area contributed by atoms with Crippen LogP contribution in [0.4, 0.5) is 0 Å². The molecular weight excluding hydrogens is 292 g/mol. The predicted molar refractivity (Wildman–Crippen MR) is 86.5 cm³/mol. The molecule has 0 atom stereocenters. The average Bonchev–Trinajstić information content (AvgIpc) is 3.03. The van der Waals surface area contributed by atoms with Crippen molar-refractivity contribution < 1.29 is 4.79 Å². The zero-order valence-electron chi connectivity index (χ0n) is 13.3. The van der Waals surface area contributed by atoms with Crippen molar-refractivity contribution >= 4 is 5.91 Å². The van der Waals surface area contributed by atoms with Gasteiger partial charge < -0.3 is 10.6 Å². The molecule has 122 valence electrons. The number of aromatic nitrogens is 4. The average molecular weight is 314 g/mol. The molecule has 2 N–H and O–H groups in total. The smallest absolute Gasteiger partial charge is 0.243 e. The van der Waals surface area contributed by atoms with Crippen molar-refractivity contribution in [3.63, 3.8) is 0 Å². The molecule has 3 rings (SSSR count). The number of rotatable bonds is 5. The Kier molecular flexibility index (Phi) is 4.66. The summed E-state index contributed by atoms with van der Waals surface area (Å²) in [4.78, 5) is 13.4. The normalized spacial score (nSPS) is 16.9. The van der Waals surface area contributed by atoms with E-state index < -0.39 is 0 Å². The zero-order chi connectivity index (χ0) is 16.1. The molecule has 1 aromatic carbocycles. The molecule has 1 aliphatic heterocycles. The highest BCUT2D eigenvalue weighted by molar-refractivity contribution is 5.75. The fourth-order valence-corrected chi connectivity index (χ4v) is 2.72. The lowest BCUT2D eigenvalue weighted by atomic mass is 9.81. The number of benzene rings is 1. The molecule has 2 heterocycles. The van der Waals surface area contributed by atoms with Gasteiger partial charge in [0.05, 0.1) is 0 Å². The number of carbonyl (C=O) groups is 1. The second kappa shape index (κ2) is 6.87. The van der Waals surface area contributed by atoms with E-state index in [-0.39, 0.29) is 17.9 Å². The number of nitrogens with one attached hydrogen (secondary N) is 2. The maximum absolute atomic E-state index is 12.1. The minimum atomic E-state index is -0.0817. The molecule has 1 fully saturated rings. The summed E-state index contributed by atoms with van der Waals surface area (Å²) in [6, 6.07) is 9.60. The van der Waals surface area contributed by atoms with E-state index in [0.29, 0.717) is 12.4 Å². The van der Waals surface area contributed by atoms with E-state index in [1.54, 1.807) is 0 Å². The molecule has 0 aliphatic carbocycles. The first-order chi connectivity index (χ1) is 11.1. The highest BCUT2D eigenvalue weighted by Crippen LogP contribution is 2.26. The molecule has 7 nitrogen and oxygen atoms in total. The quantitative estimate of drug-likeness (QED) is 0.854. The highest BCUT2D eigenvalue weighted by atomic mass is 16.2. The Balaban J connectivity index is 1.53. The lowest BCUT2D eigenvalue weighted by Gasteiger charge is -2.34. The summed E-state index contributed by atoms with van der Waals surface area (Å²) in [7, 11) is 0. The first-order valence-electron chi connectivity index (χ1n) is 7.95. The van der Waals surface area contributed by atoms with Crippen molar-refractivity contribution in [1.29, 1.82) is 0 Å². The molecule has 0 spiro atoms. The number of tetrazole rings is 1. The maximum atomic E-state index is 12.1. The summed E-state index contributed by atoms with van der Waals surface area (Å²) in [5.41, 5.74) is 1.06. The third-order valence-electron chi connectivity index (χ3n) is 4.29. The fourth-order valence-electron chi connectivity index (χ4n) is 2.72. The van der Waals surface area contributed by atoms with Crippen LogP contribution in [0.15, 0.2) is 30.3 Å². The van der Waals surface area contributed by atoms with E-state index in [9.17, 15) is 4.79 Å². The van der Waals surface area contributed by atoms with E-state index >= 15 is 0 Å². The molecule has 7 heteroatoms. The predicted octanol–water partition coefficient (Wildman–Crippen LogP) is 0.846. The molecule has 2 aromatic rings. The monoisotopic (exact) mass is 314 g/mol. The largest absolute Gasteiger partial charge is 0.354 e. The molecule has 0 unspecified atom stereocenters. The van der Waals surface area contributed by atoms with Crippen LogP contribution in [-0.4, -0.2) is 45.7 Å². The molecule has 1 aliphatic rings. The van der Waals surface area contributed by atoms with Crippen molar-refractivity contribution in [3.05, 3.63) is 30.3 Å². The molecular formula is C16H22N6O. The molecule has 23 heavy (non-hydrogen) atoms. The number of hydrogen-bond acceptors (Lipinski definition) is 5. The summed E-state index contributed by atoms with van der Waals surface area (Å²) in [6.45, 7) is 5.02. The van der Waals surface area contributed by atoms with E-state index in [0.717, 1.165) is 31.5 Å². The van der Waals surface area contributed by atoms with Crippen LogP contribution in [0, 0.1) is 5.41 Å². The molecule has 0 radical (unpaired) electrons. The number of amides is 1. The number of nitrogens with zero attached hydrogens (tertiary/aromatic N) is 4. The Morgan fingerprint density at radius 3 is 2.78 bits per heavy atom. The van der Waals surface area contributed by atoms with Crippen LogP contribution in [0.1, 0.15) is 19.8 Å². The van der Waals surface area contributed by atoms with Crippen molar-refractivity contribution in [2.24, 2.45) is 5.41 Å². The van der Waals surface area contributed by atoms with Gasteiger partial charge in [-0.15, -0.1) is 10.2 Å². The summed E-state index contributed by atoms with van der Waals surface area (Å²) < 4.78 is 0. The van der Waals surface area contributed by atoms with Gasteiger partial charge in [-0.1, -0.05) is 37.3 Å². The number of hydrogen-bond donors (Lipinski definition) is 2. The van der Waals surface area contributed by atoms with E-state index in [1.807, 2.05) is 30.3 Å². The Hall–Kier alpha value is -2.28. The summed E-state index contributed by atoms with van der Waals surface area (Å²) in [5, 5.41) is 18.5. The van der Waals surface area contributed by atoms with Gasteiger partial charge in [0.2, 0.25) is 11.7 Å². The van der Waals surface area contributed by atoms with Crippen molar-refractivity contribution in [3.8, 4) is 11.4 Å². The van der Waals surface area contributed by atoms with E-state index in [1.165, 1.54) is 4.80 Å². The third-order valence-corrected chi connectivity index (χ3v) is 4.29. The Morgan fingerprint density at radius 2 is 2.04 bits per heavy atom. The van der Waals surface area contributed by atoms with Gasteiger partial charge in [0.1, 0.15) is 6.54 Å². The van der Waals surface area contributed by atoms with E-state index in [2.05, 4.69) is 33.0 Å². The summed E-state index contributed by atoms with van der Waals surface area (Å²) in [6.07, 6.45) is 2.15. The van der Waals surface area contributed by atoms with Crippen LogP contribution in [0.25, 0.3) is 11.4 Å². The van der Waals surface area contributed by atoms with Crippen molar-refractivity contribution in [2.45, 2.75) is 26.3 Å². The van der Waals surface area contributed by atoms with E-state index in [4.69, 9.17) is 0 Å². The van der Waals surface area contributed by atoms with Gasteiger partial charge in [-0.2, -0.15) is 4.80 Å². The first-order valence-corrected chi connectivity index (χ1v) is 7.95. The zero-order valence-corrected chi connectivity index (χ0v) is 13.3. The maximum Gasteiger partial charge on any atom is 0.243 e. The van der Waals surface area contributed by atoms with Crippen LogP contribution in [0.5, 0.6) is 0 Å². The Morgan fingerprint density at radius 1 is 1.30 bits per heavy atom. The van der Waals surface area contributed by atoms with Gasteiger partial charge in [-0.25, -0.2) is 0 Å². The standard InChI is InChI=1S/C16H22N6O/c1-16(7-9-17-10-8-16)12-18-14(23)11-22-20-15(19-21-22)13-5-3-2-4-6-13/h2-6,17H,7-12H2,1H3,(H,18,23). The fraction of sp³-hybridized carbons (Fsp3) is 0.500. The minimum absolute atomic E-state index is 0.0817. The second-order valence-electron chi connectivity index (χ2n) is 6.35. The van der Waals surface area contributed by atoms with Gasteiger partial charge in [0.25, 0.3) is 0 Å². The van der Waals surface area contributed by atoms with Gasteiger partial charge >= 0.3 is 0 Å². The van der Waals surface area contributed by atoms with Gasteiger partial charge in [0, 0.05) is 12.1 Å². The number of carbonyl (C=O) groups excluding carboxylic acids is 1. The molecule has 1 saturated heterocycles. The lowest BCUT2D eigenvalue weighted by molar-refractivity contribution is -0.122. The second-order valence-corrected chi connectivity index (χ2v) is 6.35. The molecule has 0 bridgehead atoms. The molecule has 1 aromatic heterocycles. The van der Waals surface area contributed by atoms with Crippen molar-refractivity contribution in [2.75, 3.05) is 19.6 Å². The van der Waals surface area contributed by atoms with Gasteiger partial charge in [-0.3, -0.25) is 4.79 Å². The lowest BCUT2D eigenvalue weighted by Crippen LogP contribution is -2.43. The van der Waals surface area contributed by atoms with Crippen molar-refractivity contribution in [1.82, 2.24) is 30.8 Å². The Labute approximate surface area is 135 Å². The minimum Gasteiger partial charge on any atom is -0.354 e. The summed E-state index contributed by atoms with van der Waals surface area (Å²) in [5.74, 6) is 0.450. The summed E-state index contributed by atoms with van der Waals surface area (Å²) >= 11 is 0. The molecule has 1 amide bonds. The topological polar surface area (TPSA) is 84.7 Å².